The number of rotatable bonds is 4. The summed E-state index contributed by atoms with van der Waals surface area (Å²) in [5, 5.41) is 3.17. The van der Waals surface area contributed by atoms with Gasteiger partial charge in [0, 0.05) is 30.6 Å². The first kappa shape index (κ1) is 12.1. The molecule has 0 aromatic carbocycles. The van der Waals surface area contributed by atoms with Gasteiger partial charge in [0.25, 0.3) is 0 Å². The second-order valence-electron chi connectivity index (χ2n) is 3.82. The number of nitrogens with two attached hydrogens (primary N) is 1. The summed E-state index contributed by atoms with van der Waals surface area (Å²) in [4.78, 5) is 12.2. The number of pyridine rings is 1. The van der Waals surface area contributed by atoms with Crippen LogP contribution in [0.4, 0.5) is 11.8 Å². The third-order valence-corrected chi connectivity index (χ3v) is 2.35. The van der Waals surface area contributed by atoms with Crippen LogP contribution in [0.25, 0.3) is 0 Å². The molecule has 0 bridgehead atoms. The number of hydrogen-bond donors (Lipinski definition) is 2. The topological polar surface area (TPSA) is 86.0 Å². The fourth-order valence-corrected chi connectivity index (χ4v) is 1.51. The molecule has 2 aromatic rings. The third kappa shape index (κ3) is 3.07. The van der Waals surface area contributed by atoms with Gasteiger partial charge in [-0.25, -0.2) is 9.97 Å². The number of aromatic nitrogens is 3. The molecule has 18 heavy (non-hydrogen) atoms. The predicted molar refractivity (Wildman–Crippen MR) is 69.3 cm³/mol. The van der Waals surface area contributed by atoms with Crippen LogP contribution in [-0.4, -0.2) is 22.1 Å². The van der Waals surface area contributed by atoms with Crippen molar-refractivity contribution >= 4 is 11.8 Å². The highest BCUT2D eigenvalue weighted by Gasteiger charge is 2.00. The van der Waals surface area contributed by atoms with Crippen molar-refractivity contribution in [3.05, 3.63) is 35.7 Å². The Kier molecular flexibility index (Phi) is 3.57. The van der Waals surface area contributed by atoms with Crippen LogP contribution in [0, 0.1) is 6.92 Å². The summed E-state index contributed by atoms with van der Waals surface area (Å²) in [5.41, 5.74) is 7.44. The van der Waals surface area contributed by atoms with Crippen molar-refractivity contribution in [2.45, 2.75) is 13.5 Å². The van der Waals surface area contributed by atoms with E-state index in [1.54, 1.807) is 13.3 Å². The van der Waals surface area contributed by atoms with E-state index in [0.717, 1.165) is 11.3 Å². The smallest absolute Gasteiger partial charge is 0.222 e. The highest BCUT2D eigenvalue weighted by atomic mass is 16.5. The number of methoxy groups -OCH3 is 1. The Morgan fingerprint density at radius 3 is 2.78 bits per heavy atom. The molecule has 2 rings (SSSR count). The van der Waals surface area contributed by atoms with Gasteiger partial charge in [-0.05, 0) is 12.5 Å². The number of anilines is 2. The van der Waals surface area contributed by atoms with Crippen LogP contribution in [0.2, 0.25) is 0 Å². The van der Waals surface area contributed by atoms with Gasteiger partial charge in [0.2, 0.25) is 11.8 Å². The van der Waals surface area contributed by atoms with Gasteiger partial charge in [0.05, 0.1) is 7.11 Å². The Labute approximate surface area is 105 Å². The lowest BCUT2D eigenvalue weighted by molar-refractivity contribution is 0.397. The molecule has 6 heteroatoms. The maximum Gasteiger partial charge on any atom is 0.222 e. The summed E-state index contributed by atoms with van der Waals surface area (Å²) >= 11 is 0. The molecule has 3 N–H and O–H groups in total. The Balaban J connectivity index is 2.01. The largest absolute Gasteiger partial charge is 0.481 e. The minimum atomic E-state index is 0.269. The average Bonchev–Trinajstić information content (AvgIpc) is 2.36. The van der Waals surface area contributed by atoms with E-state index in [0.29, 0.717) is 18.2 Å². The number of ether oxygens (including phenoxy) is 1. The van der Waals surface area contributed by atoms with Crippen LogP contribution < -0.4 is 15.8 Å². The normalized spacial score (nSPS) is 10.1. The van der Waals surface area contributed by atoms with Crippen molar-refractivity contribution < 1.29 is 4.74 Å². The SMILES string of the molecule is COc1ccc(CNc2cc(C)nc(N)n2)cn1. The van der Waals surface area contributed by atoms with Crippen LogP contribution in [0.1, 0.15) is 11.3 Å². The van der Waals surface area contributed by atoms with Gasteiger partial charge in [0.15, 0.2) is 0 Å². The first-order valence-electron chi connectivity index (χ1n) is 5.51. The molecular weight excluding hydrogens is 230 g/mol. The molecule has 94 valence electrons. The van der Waals surface area contributed by atoms with Crippen LogP contribution in [0.3, 0.4) is 0 Å². The van der Waals surface area contributed by atoms with E-state index in [1.165, 1.54) is 0 Å². The highest BCUT2D eigenvalue weighted by molar-refractivity contribution is 5.40. The highest BCUT2D eigenvalue weighted by Crippen LogP contribution is 2.11. The zero-order valence-corrected chi connectivity index (χ0v) is 10.3. The molecule has 6 nitrogen and oxygen atoms in total. The molecule has 0 aliphatic rings. The number of hydrogen-bond acceptors (Lipinski definition) is 6. The Hall–Kier alpha value is -2.37. The van der Waals surface area contributed by atoms with Crippen LogP contribution in [0.15, 0.2) is 24.4 Å². The fourth-order valence-electron chi connectivity index (χ4n) is 1.51. The lowest BCUT2D eigenvalue weighted by atomic mass is 10.3. The van der Waals surface area contributed by atoms with Gasteiger partial charge in [-0.2, -0.15) is 4.98 Å². The second kappa shape index (κ2) is 5.31. The Morgan fingerprint density at radius 2 is 2.17 bits per heavy atom. The van der Waals surface area contributed by atoms with E-state index in [-0.39, 0.29) is 5.95 Å². The van der Waals surface area contributed by atoms with E-state index >= 15 is 0 Å². The lowest BCUT2D eigenvalue weighted by Gasteiger charge is -2.07. The zero-order chi connectivity index (χ0) is 13.0. The molecule has 0 aliphatic heterocycles. The monoisotopic (exact) mass is 245 g/mol. The van der Waals surface area contributed by atoms with Gasteiger partial charge >= 0.3 is 0 Å². The minimum absolute atomic E-state index is 0.269. The molecule has 0 spiro atoms. The third-order valence-electron chi connectivity index (χ3n) is 2.35. The zero-order valence-electron chi connectivity index (χ0n) is 10.3. The van der Waals surface area contributed by atoms with Crippen LogP contribution in [-0.2, 0) is 6.54 Å². The van der Waals surface area contributed by atoms with Crippen molar-refractivity contribution in [2.75, 3.05) is 18.2 Å². The van der Waals surface area contributed by atoms with Gasteiger partial charge in [-0.3, -0.25) is 0 Å². The summed E-state index contributed by atoms with van der Waals surface area (Å²) in [6.45, 7) is 2.49. The number of nitrogens with one attached hydrogen (secondary N) is 1. The molecule has 0 saturated carbocycles. The van der Waals surface area contributed by atoms with E-state index < -0.39 is 0 Å². The molecule has 2 aromatic heterocycles. The van der Waals surface area contributed by atoms with Crippen molar-refractivity contribution in [3.63, 3.8) is 0 Å². The first-order chi connectivity index (χ1) is 8.67. The summed E-state index contributed by atoms with van der Waals surface area (Å²) in [7, 11) is 1.59. The van der Waals surface area contributed by atoms with E-state index in [2.05, 4.69) is 20.3 Å². The minimum Gasteiger partial charge on any atom is -0.481 e. The molecule has 0 unspecified atom stereocenters. The van der Waals surface area contributed by atoms with E-state index in [9.17, 15) is 0 Å². The van der Waals surface area contributed by atoms with Gasteiger partial charge in [0.1, 0.15) is 5.82 Å². The Morgan fingerprint density at radius 1 is 1.33 bits per heavy atom. The molecule has 0 amide bonds. The summed E-state index contributed by atoms with van der Waals surface area (Å²) in [6, 6.07) is 5.60. The molecular formula is C12H15N5O. The number of nitrogens with zero attached hydrogens (tertiary/aromatic N) is 3. The molecule has 0 aliphatic carbocycles. The number of aryl methyl sites for hydroxylation is 1. The molecule has 0 fully saturated rings. The van der Waals surface area contributed by atoms with Gasteiger partial charge in [-0.1, -0.05) is 6.07 Å². The number of nitrogen functional groups attached to an aromatic ring is 1. The van der Waals surface area contributed by atoms with Crippen molar-refractivity contribution in [3.8, 4) is 5.88 Å². The average molecular weight is 245 g/mol. The van der Waals surface area contributed by atoms with Crippen LogP contribution in [0.5, 0.6) is 5.88 Å². The summed E-state index contributed by atoms with van der Waals surface area (Å²) in [5.74, 6) is 1.57. The van der Waals surface area contributed by atoms with E-state index in [1.807, 2.05) is 25.1 Å². The predicted octanol–water partition coefficient (Wildman–Crippen LogP) is 1.38. The van der Waals surface area contributed by atoms with Crippen molar-refractivity contribution in [2.24, 2.45) is 0 Å². The van der Waals surface area contributed by atoms with Crippen molar-refractivity contribution in [1.82, 2.24) is 15.0 Å². The van der Waals surface area contributed by atoms with Crippen LogP contribution >= 0.6 is 0 Å². The van der Waals surface area contributed by atoms with Crippen molar-refractivity contribution in [1.29, 1.82) is 0 Å². The standard InChI is InChI=1S/C12H15N5O/c1-8-5-10(17-12(13)16-8)14-6-9-3-4-11(18-2)15-7-9/h3-5,7H,6H2,1-2H3,(H3,13,14,16,17). The quantitative estimate of drug-likeness (QED) is 0.846. The second-order valence-corrected chi connectivity index (χ2v) is 3.82. The Bertz CT molecular complexity index is 506. The van der Waals surface area contributed by atoms with Gasteiger partial charge < -0.3 is 15.8 Å². The molecule has 0 atom stereocenters. The fraction of sp³-hybridized carbons (Fsp3) is 0.250. The lowest BCUT2D eigenvalue weighted by Crippen LogP contribution is -2.05. The van der Waals surface area contributed by atoms with Gasteiger partial charge in [-0.15, -0.1) is 0 Å². The molecule has 0 radical (unpaired) electrons. The molecule has 0 saturated heterocycles. The maximum atomic E-state index is 5.58. The first-order valence-corrected chi connectivity index (χ1v) is 5.51. The maximum absolute atomic E-state index is 5.58. The van der Waals surface area contributed by atoms with E-state index in [4.69, 9.17) is 10.5 Å². The summed E-state index contributed by atoms with van der Waals surface area (Å²) < 4.78 is 4.99. The summed E-state index contributed by atoms with van der Waals surface area (Å²) in [6.07, 6.45) is 1.75. The molecule has 2 heterocycles.